The van der Waals surface area contributed by atoms with Gasteiger partial charge in [-0.25, -0.2) is 0 Å². The van der Waals surface area contributed by atoms with E-state index in [4.69, 9.17) is 0 Å². The lowest BCUT2D eigenvalue weighted by molar-refractivity contribution is 0.854. The summed E-state index contributed by atoms with van der Waals surface area (Å²) >= 11 is 0. The number of rotatable bonds is 1. The van der Waals surface area contributed by atoms with Crippen LogP contribution in [0.15, 0.2) is 47.5 Å². The molecule has 1 N–H and O–H groups in total. The molecule has 3 heterocycles. The highest BCUT2D eigenvalue weighted by Gasteiger charge is 2.18. The van der Waals surface area contributed by atoms with Crippen LogP contribution in [0.5, 0.6) is 0 Å². The Kier molecular flexibility index (Phi) is 2.63. The Morgan fingerprint density at radius 1 is 1.14 bits per heavy atom. The number of hydrogen-bond donors (Lipinski definition) is 1. The van der Waals surface area contributed by atoms with E-state index in [1.165, 1.54) is 4.68 Å². The molecule has 0 amide bonds. The van der Waals surface area contributed by atoms with Crippen LogP contribution in [0.2, 0.25) is 0 Å². The van der Waals surface area contributed by atoms with Crippen LogP contribution in [-0.4, -0.2) is 19.7 Å². The first kappa shape index (κ1) is 12.8. The third-order valence-electron chi connectivity index (χ3n) is 3.80. The highest BCUT2D eigenvalue weighted by Crippen LogP contribution is 2.26. The van der Waals surface area contributed by atoms with Crippen LogP contribution in [0.1, 0.15) is 11.3 Å². The first-order valence-electron chi connectivity index (χ1n) is 7.07. The van der Waals surface area contributed by atoms with Crippen LogP contribution in [0.25, 0.3) is 27.8 Å². The number of aryl methyl sites for hydroxylation is 2. The van der Waals surface area contributed by atoms with Crippen molar-refractivity contribution in [2.75, 3.05) is 0 Å². The molecule has 2 aliphatic rings. The summed E-state index contributed by atoms with van der Waals surface area (Å²) in [5.74, 6) is 0. The molecule has 2 aliphatic heterocycles. The molecule has 5 heteroatoms. The van der Waals surface area contributed by atoms with Crippen molar-refractivity contribution in [1.82, 2.24) is 19.7 Å². The maximum absolute atomic E-state index is 12.6. The number of H-pyrrole nitrogens is 1. The summed E-state index contributed by atoms with van der Waals surface area (Å²) in [6.07, 6.45) is 3.42. The fourth-order valence-corrected chi connectivity index (χ4v) is 2.71. The van der Waals surface area contributed by atoms with E-state index in [-0.39, 0.29) is 5.56 Å². The Morgan fingerprint density at radius 2 is 2.00 bits per heavy atom. The van der Waals surface area contributed by atoms with E-state index in [2.05, 4.69) is 21.1 Å². The van der Waals surface area contributed by atoms with Crippen LogP contribution < -0.4 is 5.56 Å². The van der Waals surface area contributed by atoms with E-state index >= 15 is 0 Å². The third-order valence-corrected chi connectivity index (χ3v) is 3.80. The van der Waals surface area contributed by atoms with Gasteiger partial charge in [-0.3, -0.25) is 9.78 Å². The molecule has 0 aliphatic carbocycles. The molecule has 0 bridgehead atoms. The average molecular weight is 290 g/mol. The summed E-state index contributed by atoms with van der Waals surface area (Å²) in [6, 6.07) is 9.71. The molecular weight excluding hydrogens is 276 g/mol. The number of nitrogens with zero attached hydrogens (tertiary/aromatic N) is 3. The van der Waals surface area contributed by atoms with E-state index in [0.717, 1.165) is 27.8 Å². The van der Waals surface area contributed by atoms with Crippen LogP contribution >= 0.6 is 0 Å². The van der Waals surface area contributed by atoms with Crippen molar-refractivity contribution in [2.24, 2.45) is 0 Å². The van der Waals surface area contributed by atoms with Crippen molar-refractivity contribution in [1.29, 1.82) is 0 Å². The molecule has 1 aromatic carbocycles. The van der Waals surface area contributed by atoms with Gasteiger partial charge in [-0.15, -0.1) is 0 Å². The largest absolute Gasteiger partial charge is 0.360 e. The van der Waals surface area contributed by atoms with Crippen molar-refractivity contribution in [2.45, 2.75) is 13.8 Å². The van der Waals surface area contributed by atoms with Crippen molar-refractivity contribution in [3.8, 4) is 16.9 Å². The number of hydrogen-bond acceptors (Lipinski definition) is 3. The summed E-state index contributed by atoms with van der Waals surface area (Å²) in [7, 11) is 0. The number of fused-ring (bicyclic) bond motifs is 3. The van der Waals surface area contributed by atoms with Gasteiger partial charge < -0.3 is 4.98 Å². The van der Waals surface area contributed by atoms with Crippen LogP contribution in [-0.2, 0) is 0 Å². The van der Waals surface area contributed by atoms with Gasteiger partial charge in [0.1, 0.15) is 5.69 Å². The average Bonchev–Trinajstić information content (AvgIpc) is 2.84. The normalized spacial score (nSPS) is 11.4. The van der Waals surface area contributed by atoms with Crippen molar-refractivity contribution >= 4 is 10.9 Å². The zero-order chi connectivity index (χ0) is 15.3. The Labute approximate surface area is 126 Å². The smallest absolute Gasteiger partial charge is 0.282 e. The maximum atomic E-state index is 12.6. The highest BCUT2D eigenvalue weighted by molar-refractivity contribution is 5.93. The molecule has 0 atom stereocenters. The van der Waals surface area contributed by atoms with Crippen molar-refractivity contribution < 1.29 is 0 Å². The third kappa shape index (κ3) is 1.83. The van der Waals surface area contributed by atoms with Gasteiger partial charge in [-0.05, 0) is 37.6 Å². The Morgan fingerprint density at radius 3 is 2.82 bits per heavy atom. The molecule has 22 heavy (non-hydrogen) atoms. The summed E-state index contributed by atoms with van der Waals surface area (Å²) in [4.78, 5) is 20.0. The summed E-state index contributed by atoms with van der Waals surface area (Å²) in [5, 5.41) is 5.49. The minimum Gasteiger partial charge on any atom is -0.360 e. The fourth-order valence-electron chi connectivity index (χ4n) is 2.71. The molecule has 0 fully saturated rings. The Balaban J connectivity index is 2.06. The van der Waals surface area contributed by atoms with Gasteiger partial charge in [0.15, 0.2) is 0 Å². The maximum Gasteiger partial charge on any atom is 0.282 e. The van der Waals surface area contributed by atoms with Gasteiger partial charge in [-0.2, -0.15) is 9.78 Å². The number of pyridine rings is 2. The minimum atomic E-state index is -0.126. The standard InChI is InChI=1S/C17H14N4O/c1-10-3-4-13-15(7-10)19-9-14-16(13)20-21(17(14)22)12-5-6-18-11(2)8-12/h3-9,19H,1-2H3. The molecule has 0 saturated carbocycles. The highest BCUT2D eigenvalue weighted by atomic mass is 16.1. The second-order valence-electron chi connectivity index (χ2n) is 5.47. The molecule has 0 unspecified atom stereocenters. The second-order valence-corrected chi connectivity index (χ2v) is 5.47. The van der Waals surface area contributed by atoms with Gasteiger partial charge in [0.2, 0.25) is 0 Å². The van der Waals surface area contributed by atoms with Gasteiger partial charge >= 0.3 is 0 Å². The lowest BCUT2D eigenvalue weighted by Crippen LogP contribution is -2.14. The zero-order valence-electron chi connectivity index (χ0n) is 12.3. The molecule has 5 nitrogen and oxygen atoms in total. The molecule has 0 saturated heterocycles. The molecular formula is C17H14N4O. The number of benzene rings is 1. The first-order valence-corrected chi connectivity index (χ1v) is 7.07. The summed E-state index contributed by atoms with van der Waals surface area (Å²) in [5.41, 5.74) is 4.90. The van der Waals surface area contributed by atoms with E-state index in [1.807, 2.05) is 32.0 Å². The predicted octanol–water partition coefficient (Wildman–Crippen LogP) is 2.83. The SMILES string of the molecule is Cc1ccc2c3nn(-c4ccnc(C)c4)c(=O)c-3c[nH]c2c1. The van der Waals surface area contributed by atoms with E-state index in [0.29, 0.717) is 11.3 Å². The van der Waals surface area contributed by atoms with Crippen LogP contribution in [0.3, 0.4) is 0 Å². The Bertz CT molecular complexity index is 1030. The fraction of sp³-hybridized carbons (Fsp3) is 0.118. The summed E-state index contributed by atoms with van der Waals surface area (Å²) < 4.78 is 1.44. The molecule has 4 rings (SSSR count). The van der Waals surface area contributed by atoms with E-state index in [1.54, 1.807) is 18.5 Å². The molecule has 108 valence electrons. The molecule has 0 radical (unpaired) electrons. The topological polar surface area (TPSA) is 63.6 Å². The van der Waals surface area contributed by atoms with E-state index < -0.39 is 0 Å². The molecule has 2 aromatic rings. The number of aromatic amines is 1. The van der Waals surface area contributed by atoms with Gasteiger partial charge in [0.05, 0.1) is 11.3 Å². The summed E-state index contributed by atoms with van der Waals surface area (Å²) in [6.45, 7) is 3.93. The van der Waals surface area contributed by atoms with Gasteiger partial charge in [0, 0.05) is 29.0 Å². The lowest BCUT2D eigenvalue weighted by atomic mass is 10.1. The number of nitrogens with one attached hydrogen (secondary N) is 1. The first-order chi connectivity index (χ1) is 10.6. The number of aromatic nitrogens is 4. The van der Waals surface area contributed by atoms with Crippen molar-refractivity contribution in [3.63, 3.8) is 0 Å². The van der Waals surface area contributed by atoms with Gasteiger partial charge in [0.25, 0.3) is 5.56 Å². The molecule has 1 aromatic heterocycles. The van der Waals surface area contributed by atoms with Gasteiger partial charge in [-0.1, -0.05) is 12.1 Å². The molecule has 0 spiro atoms. The van der Waals surface area contributed by atoms with Crippen LogP contribution in [0, 0.1) is 13.8 Å². The lowest BCUT2D eigenvalue weighted by Gasteiger charge is -2.03. The van der Waals surface area contributed by atoms with Crippen LogP contribution in [0.4, 0.5) is 0 Å². The van der Waals surface area contributed by atoms with E-state index in [9.17, 15) is 4.79 Å². The quantitative estimate of drug-likeness (QED) is 0.586. The second kappa shape index (κ2) is 4.53. The zero-order valence-corrected chi connectivity index (χ0v) is 12.3. The van der Waals surface area contributed by atoms with Crippen molar-refractivity contribution in [3.05, 3.63) is 64.3 Å². The minimum absolute atomic E-state index is 0.126. The Hall–Kier alpha value is -2.95. The monoisotopic (exact) mass is 290 g/mol. The predicted molar refractivity (Wildman–Crippen MR) is 85.6 cm³/mol.